The number of nitrogens with zero attached hydrogens (tertiary/aromatic N) is 1. The highest BCUT2D eigenvalue weighted by Crippen LogP contribution is 2.33. The molecule has 1 aromatic heterocycles. The number of hydrogen-bond acceptors (Lipinski definition) is 3. The fourth-order valence-electron chi connectivity index (χ4n) is 2.50. The first-order valence-corrected chi connectivity index (χ1v) is 6.05. The summed E-state index contributed by atoms with van der Waals surface area (Å²) in [4.78, 5) is 15.8. The monoisotopic (exact) mass is 234 g/mol. The van der Waals surface area contributed by atoms with Gasteiger partial charge in [0.1, 0.15) is 0 Å². The standard InChI is InChI=1S/C13H18N2O2/c1-8-6-7-10(13(14)17)12(15-8)9-4-2-3-5-11(9)16/h6-7,9,11,16H,2-5H2,1H3,(H2,14,17)/t9-,11+/m1/s1. The molecule has 1 aliphatic rings. The molecular formula is C13H18N2O2. The van der Waals surface area contributed by atoms with Crippen LogP contribution < -0.4 is 5.73 Å². The van der Waals surface area contributed by atoms with Crippen LogP contribution in [0.1, 0.15) is 53.3 Å². The molecule has 92 valence electrons. The van der Waals surface area contributed by atoms with E-state index < -0.39 is 12.0 Å². The number of pyridine rings is 1. The van der Waals surface area contributed by atoms with Gasteiger partial charge in [-0.2, -0.15) is 0 Å². The minimum Gasteiger partial charge on any atom is -0.392 e. The van der Waals surface area contributed by atoms with Crippen molar-refractivity contribution in [2.45, 2.75) is 44.6 Å². The van der Waals surface area contributed by atoms with Crippen molar-refractivity contribution < 1.29 is 9.90 Å². The van der Waals surface area contributed by atoms with Gasteiger partial charge in [-0.1, -0.05) is 12.8 Å². The average molecular weight is 234 g/mol. The van der Waals surface area contributed by atoms with E-state index in [2.05, 4.69) is 4.98 Å². The van der Waals surface area contributed by atoms with Crippen molar-refractivity contribution >= 4 is 5.91 Å². The Bertz CT molecular complexity index is 431. The lowest BCUT2D eigenvalue weighted by molar-refractivity contribution is 0.0971. The first kappa shape index (κ1) is 12.0. The maximum Gasteiger partial charge on any atom is 0.250 e. The zero-order valence-electron chi connectivity index (χ0n) is 10.0. The zero-order chi connectivity index (χ0) is 12.4. The molecule has 0 spiro atoms. The summed E-state index contributed by atoms with van der Waals surface area (Å²) >= 11 is 0. The molecule has 4 nitrogen and oxygen atoms in total. The summed E-state index contributed by atoms with van der Waals surface area (Å²) in [5.41, 5.74) is 7.32. The van der Waals surface area contributed by atoms with E-state index in [-0.39, 0.29) is 5.92 Å². The summed E-state index contributed by atoms with van der Waals surface area (Å²) in [5, 5.41) is 10.0. The molecule has 0 bridgehead atoms. The summed E-state index contributed by atoms with van der Waals surface area (Å²) in [5.74, 6) is -0.517. The molecule has 1 aromatic rings. The number of aryl methyl sites for hydroxylation is 1. The quantitative estimate of drug-likeness (QED) is 0.814. The third kappa shape index (κ3) is 2.47. The third-order valence-corrected chi connectivity index (χ3v) is 3.41. The summed E-state index contributed by atoms with van der Waals surface area (Å²) in [6, 6.07) is 3.49. The number of aliphatic hydroxyl groups excluding tert-OH is 1. The largest absolute Gasteiger partial charge is 0.392 e. The third-order valence-electron chi connectivity index (χ3n) is 3.41. The van der Waals surface area contributed by atoms with E-state index in [0.29, 0.717) is 11.3 Å². The lowest BCUT2D eigenvalue weighted by Gasteiger charge is -2.28. The Labute approximate surface area is 101 Å². The number of nitrogens with two attached hydrogens (primary N) is 1. The number of primary amides is 1. The lowest BCUT2D eigenvalue weighted by Crippen LogP contribution is -2.27. The molecule has 17 heavy (non-hydrogen) atoms. The van der Waals surface area contributed by atoms with Gasteiger partial charge < -0.3 is 10.8 Å². The Balaban J connectivity index is 2.41. The first-order chi connectivity index (χ1) is 8.09. The van der Waals surface area contributed by atoms with Crippen molar-refractivity contribution in [1.82, 2.24) is 4.98 Å². The number of aliphatic hydroxyl groups is 1. The van der Waals surface area contributed by atoms with Crippen LogP contribution in [0.3, 0.4) is 0 Å². The Morgan fingerprint density at radius 3 is 2.76 bits per heavy atom. The minimum atomic E-state index is -0.467. The topological polar surface area (TPSA) is 76.2 Å². The van der Waals surface area contributed by atoms with Gasteiger partial charge in [-0.3, -0.25) is 9.78 Å². The van der Waals surface area contributed by atoms with E-state index in [1.54, 1.807) is 12.1 Å². The molecule has 0 aliphatic heterocycles. The van der Waals surface area contributed by atoms with Gasteiger partial charge >= 0.3 is 0 Å². The number of rotatable bonds is 2. The molecular weight excluding hydrogens is 216 g/mol. The normalized spacial score (nSPS) is 24.6. The van der Waals surface area contributed by atoms with Crippen LogP contribution in [0.25, 0.3) is 0 Å². The Morgan fingerprint density at radius 1 is 1.41 bits per heavy atom. The van der Waals surface area contributed by atoms with E-state index >= 15 is 0 Å². The Morgan fingerprint density at radius 2 is 2.12 bits per heavy atom. The number of aromatic nitrogens is 1. The van der Waals surface area contributed by atoms with Gasteiger partial charge in [0.05, 0.1) is 17.4 Å². The first-order valence-electron chi connectivity index (χ1n) is 6.05. The maximum atomic E-state index is 11.4. The fourth-order valence-corrected chi connectivity index (χ4v) is 2.50. The highest BCUT2D eigenvalue weighted by atomic mass is 16.3. The van der Waals surface area contributed by atoms with Gasteiger partial charge in [-0.25, -0.2) is 0 Å². The van der Waals surface area contributed by atoms with Gasteiger partial charge in [0, 0.05) is 11.6 Å². The van der Waals surface area contributed by atoms with Crippen molar-refractivity contribution in [3.8, 4) is 0 Å². The second-order valence-corrected chi connectivity index (χ2v) is 4.71. The van der Waals surface area contributed by atoms with Crippen LogP contribution in [0.15, 0.2) is 12.1 Å². The zero-order valence-corrected chi connectivity index (χ0v) is 10.0. The predicted octanol–water partition coefficient (Wildman–Crippen LogP) is 1.51. The van der Waals surface area contributed by atoms with E-state index in [4.69, 9.17) is 5.73 Å². The lowest BCUT2D eigenvalue weighted by atomic mass is 9.82. The Hall–Kier alpha value is -1.42. The van der Waals surface area contributed by atoms with Crippen LogP contribution in [0.4, 0.5) is 0 Å². The van der Waals surface area contributed by atoms with Gasteiger partial charge in [0.25, 0.3) is 5.91 Å². The SMILES string of the molecule is Cc1ccc(C(N)=O)c([C@@H]2CCCC[C@@H]2O)n1. The molecule has 0 radical (unpaired) electrons. The van der Waals surface area contributed by atoms with Crippen molar-refractivity contribution in [1.29, 1.82) is 0 Å². The second kappa shape index (κ2) is 4.84. The van der Waals surface area contributed by atoms with Crippen LogP contribution in [0, 0.1) is 6.92 Å². The van der Waals surface area contributed by atoms with E-state index in [9.17, 15) is 9.90 Å². The maximum absolute atomic E-state index is 11.4. The van der Waals surface area contributed by atoms with Crippen molar-refractivity contribution in [2.75, 3.05) is 0 Å². The van der Waals surface area contributed by atoms with E-state index in [1.165, 1.54) is 0 Å². The highest BCUT2D eigenvalue weighted by molar-refractivity contribution is 5.94. The molecule has 3 N–H and O–H groups in total. The molecule has 2 rings (SSSR count). The molecule has 4 heteroatoms. The molecule has 1 saturated carbocycles. The van der Waals surface area contributed by atoms with Gasteiger partial charge in [-0.05, 0) is 31.9 Å². The molecule has 2 atom stereocenters. The predicted molar refractivity (Wildman–Crippen MR) is 64.7 cm³/mol. The van der Waals surface area contributed by atoms with Gasteiger partial charge in [0.2, 0.25) is 0 Å². The van der Waals surface area contributed by atoms with E-state index in [0.717, 1.165) is 31.4 Å². The van der Waals surface area contributed by atoms with Crippen LogP contribution in [-0.4, -0.2) is 22.1 Å². The molecule has 1 fully saturated rings. The molecule has 0 unspecified atom stereocenters. The summed E-state index contributed by atoms with van der Waals surface area (Å²) in [6.07, 6.45) is 3.34. The summed E-state index contributed by atoms with van der Waals surface area (Å²) in [7, 11) is 0. The van der Waals surface area contributed by atoms with Crippen LogP contribution in [-0.2, 0) is 0 Å². The molecule has 1 aliphatic carbocycles. The highest BCUT2D eigenvalue weighted by Gasteiger charge is 2.28. The van der Waals surface area contributed by atoms with Crippen molar-refractivity contribution in [3.05, 3.63) is 29.1 Å². The minimum absolute atomic E-state index is 0.0499. The van der Waals surface area contributed by atoms with Crippen molar-refractivity contribution in [3.63, 3.8) is 0 Å². The van der Waals surface area contributed by atoms with Gasteiger partial charge in [-0.15, -0.1) is 0 Å². The fraction of sp³-hybridized carbons (Fsp3) is 0.538. The summed E-state index contributed by atoms with van der Waals surface area (Å²) in [6.45, 7) is 1.88. The van der Waals surface area contributed by atoms with Crippen LogP contribution in [0.2, 0.25) is 0 Å². The number of carbonyl (C=O) groups is 1. The molecule has 1 amide bonds. The van der Waals surface area contributed by atoms with Crippen LogP contribution >= 0.6 is 0 Å². The number of hydrogen-bond donors (Lipinski definition) is 2. The Kier molecular flexibility index (Phi) is 3.43. The number of amides is 1. The van der Waals surface area contributed by atoms with Crippen molar-refractivity contribution in [2.24, 2.45) is 5.73 Å². The summed E-state index contributed by atoms with van der Waals surface area (Å²) < 4.78 is 0. The molecule has 0 saturated heterocycles. The van der Waals surface area contributed by atoms with Crippen LogP contribution in [0.5, 0.6) is 0 Å². The van der Waals surface area contributed by atoms with E-state index in [1.807, 2.05) is 6.92 Å². The smallest absolute Gasteiger partial charge is 0.250 e. The molecule has 1 heterocycles. The molecule has 0 aromatic carbocycles. The average Bonchev–Trinajstić information content (AvgIpc) is 2.29. The number of carbonyl (C=O) groups excluding carboxylic acids is 1. The second-order valence-electron chi connectivity index (χ2n) is 4.71. The van der Waals surface area contributed by atoms with Gasteiger partial charge in [0.15, 0.2) is 0 Å².